The SMILES string of the molecule is NNc1ccc(CN2CCCC2=O)cn1. The van der Waals surface area contributed by atoms with Crippen LogP contribution in [0.3, 0.4) is 0 Å². The number of carbonyl (C=O) groups excluding carboxylic acids is 1. The minimum Gasteiger partial charge on any atom is -0.338 e. The number of hydrogen-bond donors (Lipinski definition) is 2. The molecule has 0 bridgehead atoms. The van der Waals surface area contributed by atoms with Gasteiger partial charge >= 0.3 is 0 Å². The Kier molecular flexibility index (Phi) is 2.82. The highest BCUT2D eigenvalue weighted by molar-refractivity contribution is 5.78. The molecule has 0 radical (unpaired) electrons. The molecule has 1 aliphatic rings. The molecule has 5 nitrogen and oxygen atoms in total. The smallest absolute Gasteiger partial charge is 0.222 e. The lowest BCUT2D eigenvalue weighted by atomic mass is 10.2. The van der Waals surface area contributed by atoms with Crippen molar-refractivity contribution in [1.29, 1.82) is 0 Å². The lowest BCUT2D eigenvalue weighted by molar-refractivity contribution is -0.128. The first-order valence-electron chi connectivity index (χ1n) is 4.99. The maximum Gasteiger partial charge on any atom is 0.222 e. The Morgan fingerprint density at radius 2 is 2.40 bits per heavy atom. The van der Waals surface area contributed by atoms with Gasteiger partial charge in [0.05, 0.1) is 0 Å². The molecule has 3 N–H and O–H groups in total. The van der Waals surface area contributed by atoms with Crippen LogP contribution in [-0.4, -0.2) is 22.3 Å². The van der Waals surface area contributed by atoms with Crippen LogP contribution in [0.5, 0.6) is 0 Å². The molecule has 1 aliphatic heterocycles. The monoisotopic (exact) mass is 206 g/mol. The van der Waals surface area contributed by atoms with E-state index in [9.17, 15) is 4.79 Å². The van der Waals surface area contributed by atoms with Crippen LogP contribution in [-0.2, 0) is 11.3 Å². The number of anilines is 1. The molecule has 15 heavy (non-hydrogen) atoms. The van der Waals surface area contributed by atoms with Gasteiger partial charge in [0.25, 0.3) is 0 Å². The third-order valence-electron chi connectivity index (χ3n) is 2.52. The summed E-state index contributed by atoms with van der Waals surface area (Å²) in [4.78, 5) is 17.3. The largest absolute Gasteiger partial charge is 0.338 e. The lowest BCUT2D eigenvalue weighted by Gasteiger charge is -2.15. The Bertz CT molecular complexity index is 349. The molecule has 1 amide bonds. The molecular weight excluding hydrogens is 192 g/mol. The van der Waals surface area contributed by atoms with Crippen LogP contribution in [0.25, 0.3) is 0 Å². The van der Waals surface area contributed by atoms with E-state index in [0.29, 0.717) is 18.8 Å². The summed E-state index contributed by atoms with van der Waals surface area (Å²) in [5, 5.41) is 0. The normalized spacial score (nSPS) is 15.8. The second-order valence-electron chi connectivity index (χ2n) is 3.61. The fourth-order valence-corrected chi connectivity index (χ4v) is 1.69. The number of hydrogen-bond acceptors (Lipinski definition) is 4. The lowest BCUT2D eigenvalue weighted by Crippen LogP contribution is -2.23. The zero-order valence-electron chi connectivity index (χ0n) is 8.44. The van der Waals surface area contributed by atoms with E-state index in [4.69, 9.17) is 5.84 Å². The molecule has 0 unspecified atom stereocenters. The van der Waals surface area contributed by atoms with Crippen molar-refractivity contribution in [2.75, 3.05) is 12.0 Å². The van der Waals surface area contributed by atoms with Gasteiger partial charge in [-0.25, -0.2) is 10.8 Å². The van der Waals surface area contributed by atoms with Gasteiger partial charge in [0, 0.05) is 25.7 Å². The van der Waals surface area contributed by atoms with Crippen molar-refractivity contribution >= 4 is 11.7 Å². The number of pyridine rings is 1. The van der Waals surface area contributed by atoms with Gasteiger partial charge in [-0.1, -0.05) is 6.07 Å². The molecule has 1 fully saturated rings. The molecule has 80 valence electrons. The molecule has 1 aromatic rings. The molecule has 0 aromatic carbocycles. The van der Waals surface area contributed by atoms with Gasteiger partial charge in [-0.05, 0) is 18.1 Å². The third-order valence-corrected chi connectivity index (χ3v) is 2.52. The average molecular weight is 206 g/mol. The fourth-order valence-electron chi connectivity index (χ4n) is 1.69. The van der Waals surface area contributed by atoms with Gasteiger partial charge < -0.3 is 10.3 Å². The molecule has 5 heteroatoms. The average Bonchev–Trinajstić information content (AvgIpc) is 2.66. The number of likely N-dealkylation sites (tertiary alicyclic amines) is 1. The molecule has 0 atom stereocenters. The maximum absolute atomic E-state index is 11.4. The first-order valence-corrected chi connectivity index (χ1v) is 4.99. The Morgan fingerprint density at radius 3 is 2.93 bits per heavy atom. The van der Waals surface area contributed by atoms with E-state index in [1.165, 1.54) is 0 Å². The van der Waals surface area contributed by atoms with E-state index < -0.39 is 0 Å². The summed E-state index contributed by atoms with van der Waals surface area (Å²) >= 11 is 0. The van der Waals surface area contributed by atoms with E-state index in [-0.39, 0.29) is 5.91 Å². The van der Waals surface area contributed by atoms with Crippen molar-refractivity contribution in [2.24, 2.45) is 5.84 Å². The van der Waals surface area contributed by atoms with Crippen LogP contribution >= 0.6 is 0 Å². The van der Waals surface area contributed by atoms with E-state index in [1.807, 2.05) is 11.0 Å². The summed E-state index contributed by atoms with van der Waals surface area (Å²) < 4.78 is 0. The summed E-state index contributed by atoms with van der Waals surface area (Å²) in [5.74, 6) is 6.07. The van der Waals surface area contributed by atoms with Crippen molar-refractivity contribution < 1.29 is 4.79 Å². The Balaban J connectivity index is 2.01. The van der Waals surface area contributed by atoms with E-state index in [0.717, 1.165) is 18.5 Å². The summed E-state index contributed by atoms with van der Waals surface area (Å²) in [6.07, 6.45) is 3.38. The van der Waals surface area contributed by atoms with Gasteiger partial charge in [-0.15, -0.1) is 0 Å². The van der Waals surface area contributed by atoms with E-state index in [2.05, 4.69) is 10.4 Å². The standard InChI is InChI=1S/C10H14N4O/c11-13-9-4-3-8(6-12-9)7-14-5-1-2-10(14)15/h3-4,6H,1-2,5,7,11H2,(H,12,13). The van der Waals surface area contributed by atoms with Crippen LogP contribution in [0, 0.1) is 0 Å². The van der Waals surface area contributed by atoms with Gasteiger partial charge in [-0.3, -0.25) is 4.79 Å². The van der Waals surface area contributed by atoms with Crippen molar-refractivity contribution in [3.05, 3.63) is 23.9 Å². The zero-order chi connectivity index (χ0) is 10.7. The first-order chi connectivity index (χ1) is 7.29. The molecule has 1 saturated heterocycles. The maximum atomic E-state index is 11.4. The summed E-state index contributed by atoms with van der Waals surface area (Å²) in [6.45, 7) is 1.51. The van der Waals surface area contributed by atoms with Gasteiger partial charge in [0.2, 0.25) is 5.91 Å². The number of rotatable bonds is 3. The van der Waals surface area contributed by atoms with E-state index in [1.54, 1.807) is 12.3 Å². The van der Waals surface area contributed by atoms with Crippen LogP contribution in [0.4, 0.5) is 5.82 Å². The van der Waals surface area contributed by atoms with Crippen molar-refractivity contribution in [1.82, 2.24) is 9.88 Å². The van der Waals surface area contributed by atoms with Gasteiger partial charge in [-0.2, -0.15) is 0 Å². The Hall–Kier alpha value is -1.62. The fraction of sp³-hybridized carbons (Fsp3) is 0.400. The number of nitrogen functional groups attached to an aromatic ring is 1. The van der Waals surface area contributed by atoms with Crippen LogP contribution in [0.2, 0.25) is 0 Å². The minimum atomic E-state index is 0.232. The molecule has 2 rings (SSSR count). The highest BCUT2D eigenvalue weighted by atomic mass is 16.2. The molecule has 0 saturated carbocycles. The molecule has 2 heterocycles. The Labute approximate surface area is 88.3 Å². The molecular formula is C10H14N4O. The number of nitrogens with two attached hydrogens (primary N) is 1. The zero-order valence-corrected chi connectivity index (χ0v) is 8.44. The molecule has 0 aliphatic carbocycles. The van der Waals surface area contributed by atoms with Crippen molar-refractivity contribution in [3.8, 4) is 0 Å². The summed E-state index contributed by atoms with van der Waals surface area (Å²) in [6, 6.07) is 3.73. The minimum absolute atomic E-state index is 0.232. The second kappa shape index (κ2) is 4.27. The number of nitrogens with one attached hydrogen (secondary N) is 1. The number of carbonyl (C=O) groups is 1. The van der Waals surface area contributed by atoms with Crippen LogP contribution in [0.1, 0.15) is 18.4 Å². The Morgan fingerprint density at radius 1 is 1.53 bits per heavy atom. The quantitative estimate of drug-likeness (QED) is 0.557. The number of aromatic nitrogens is 1. The van der Waals surface area contributed by atoms with Crippen molar-refractivity contribution in [2.45, 2.75) is 19.4 Å². The predicted molar refractivity (Wildman–Crippen MR) is 56.7 cm³/mol. The van der Waals surface area contributed by atoms with Crippen LogP contribution in [0.15, 0.2) is 18.3 Å². The highest BCUT2D eigenvalue weighted by Crippen LogP contribution is 2.14. The third kappa shape index (κ3) is 2.24. The topological polar surface area (TPSA) is 71.2 Å². The second-order valence-corrected chi connectivity index (χ2v) is 3.61. The number of amides is 1. The summed E-state index contributed by atoms with van der Waals surface area (Å²) in [5.41, 5.74) is 3.50. The van der Waals surface area contributed by atoms with Crippen LogP contribution < -0.4 is 11.3 Å². The molecule has 1 aromatic heterocycles. The molecule has 0 spiro atoms. The van der Waals surface area contributed by atoms with E-state index >= 15 is 0 Å². The number of hydrazine groups is 1. The van der Waals surface area contributed by atoms with Gasteiger partial charge in [0.1, 0.15) is 5.82 Å². The van der Waals surface area contributed by atoms with Crippen molar-refractivity contribution in [3.63, 3.8) is 0 Å². The highest BCUT2D eigenvalue weighted by Gasteiger charge is 2.19. The number of nitrogens with zero attached hydrogens (tertiary/aromatic N) is 2. The first kappa shape index (κ1) is 9.92. The summed E-state index contributed by atoms with van der Waals surface area (Å²) in [7, 11) is 0. The predicted octanol–water partition coefficient (Wildman–Crippen LogP) is 0.490. The van der Waals surface area contributed by atoms with Gasteiger partial charge in [0.15, 0.2) is 0 Å².